The monoisotopic (exact) mass is 384 g/mol. The minimum Gasteiger partial charge on any atom is -0.297 e. The topological polar surface area (TPSA) is 57.7 Å². The van der Waals surface area contributed by atoms with E-state index < -0.39 is 9.84 Å². The number of hydrogen-bond acceptors (Lipinski definition) is 5. The van der Waals surface area contributed by atoms with Crippen LogP contribution in [0.25, 0.3) is 0 Å². The molecular weight excluding hydrogens is 360 g/mol. The molecule has 2 heterocycles. The maximum Gasteiger partial charge on any atom is 0.160 e. The molecule has 6 heteroatoms. The molecule has 2 aliphatic heterocycles. The smallest absolute Gasteiger partial charge is 0.160 e. The molecule has 0 spiro atoms. The maximum atomic E-state index is 12.6. The molecule has 0 aliphatic carbocycles. The van der Waals surface area contributed by atoms with Crippen molar-refractivity contribution in [2.24, 2.45) is 0 Å². The van der Waals surface area contributed by atoms with Crippen molar-refractivity contribution in [2.45, 2.75) is 25.2 Å². The molecule has 2 atom stereocenters. The first-order valence-corrected chi connectivity index (χ1v) is 11.1. The van der Waals surface area contributed by atoms with Gasteiger partial charge in [0.15, 0.2) is 15.6 Å². The van der Waals surface area contributed by atoms with Crippen LogP contribution in [0.3, 0.4) is 0 Å². The van der Waals surface area contributed by atoms with Crippen LogP contribution in [0.1, 0.15) is 11.1 Å². The number of carbonyl (C=O) groups excluding carboxylic acids is 1. The van der Waals surface area contributed by atoms with Gasteiger partial charge in [0.1, 0.15) is 0 Å². The van der Waals surface area contributed by atoms with Gasteiger partial charge in [-0.3, -0.25) is 14.6 Å². The van der Waals surface area contributed by atoms with Gasteiger partial charge >= 0.3 is 0 Å². The number of Topliss-reactive ketones (excluding diaryl/α,β-unsaturated/α-hetero) is 1. The summed E-state index contributed by atoms with van der Waals surface area (Å²) < 4.78 is 24.9. The van der Waals surface area contributed by atoms with Gasteiger partial charge in [-0.2, -0.15) is 0 Å². The summed E-state index contributed by atoms with van der Waals surface area (Å²) in [5.74, 6) is 0.403. The number of ketones is 1. The van der Waals surface area contributed by atoms with Gasteiger partial charge < -0.3 is 0 Å². The van der Waals surface area contributed by atoms with E-state index in [4.69, 9.17) is 0 Å². The fourth-order valence-electron chi connectivity index (χ4n) is 4.23. The molecule has 5 nitrogen and oxygen atoms in total. The van der Waals surface area contributed by atoms with Gasteiger partial charge in [-0.15, -0.1) is 0 Å². The van der Waals surface area contributed by atoms with Gasteiger partial charge in [0.05, 0.1) is 24.6 Å². The molecule has 0 aromatic heterocycles. The van der Waals surface area contributed by atoms with Crippen molar-refractivity contribution in [3.05, 3.63) is 71.8 Å². The summed E-state index contributed by atoms with van der Waals surface area (Å²) >= 11 is 0. The quantitative estimate of drug-likeness (QED) is 0.804. The molecule has 0 N–H and O–H groups in total. The molecule has 142 valence electrons. The van der Waals surface area contributed by atoms with Crippen LogP contribution in [0.5, 0.6) is 0 Å². The first-order valence-electron chi connectivity index (χ1n) is 9.28. The molecular formula is C21H24N2O3S. The second kappa shape index (κ2) is 7.54. The lowest BCUT2D eigenvalue weighted by Crippen LogP contribution is -2.48. The summed E-state index contributed by atoms with van der Waals surface area (Å²) in [5.41, 5.74) is 2.20. The van der Waals surface area contributed by atoms with Crippen LogP contribution in [0, 0.1) is 0 Å². The Morgan fingerprint density at radius 1 is 0.741 bits per heavy atom. The number of fused-ring (bicyclic) bond motifs is 1. The predicted molar refractivity (Wildman–Crippen MR) is 105 cm³/mol. The Kier molecular flexibility index (Phi) is 5.12. The maximum absolute atomic E-state index is 12.6. The second-order valence-electron chi connectivity index (χ2n) is 7.53. The minimum absolute atomic E-state index is 0.128. The van der Waals surface area contributed by atoms with Gasteiger partial charge in [0.25, 0.3) is 0 Å². The molecule has 0 saturated carbocycles. The van der Waals surface area contributed by atoms with Crippen LogP contribution < -0.4 is 0 Å². The zero-order chi connectivity index (χ0) is 18.9. The predicted octanol–water partition coefficient (Wildman–Crippen LogP) is 1.74. The first kappa shape index (κ1) is 18.3. The highest BCUT2D eigenvalue weighted by Gasteiger charge is 2.46. The average molecular weight is 385 g/mol. The van der Waals surface area contributed by atoms with Crippen molar-refractivity contribution in [1.82, 2.24) is 9.80 Å². The first-order chi connectivity index (χ1) is 13.0. The Morgan fingerprint density at radius 2 is 1.15 bits per heavy atom. The van der Waals surface area contributed by atoms with E-state index in [2.05, 4.69) is 9.80 Å². The van der Waals surface area contributed by atoms with E-state index in [1.54, 1.807) is 0 Å². The summed E-state index contributed by atoms with van der Waals surface area (Å²) in [6.07, 6.45) is 0. The Hall–Kier alpha value is -2.02. The molecule has 0 unspecified atom stereocenters. The normalized spacial score (nSPS) is 25.9. The molecule has 0 amide bonds. The van der Waals surface area contributed by atoms with Gasteiger partial charge in [0.2, 0.25) is 0 Å². The molecule has 2 aliphatic rings. The second-order valence-corrected chi connectivity index (χ2v) is 9.69. The third kappa shape index (κ3) is 4.29. The van der Waals surface area contributed by atoms with Crippen molar-refractivity contribution in [2.75, 3.05) is 24.6 Å². The van der Waals surface area contributed by atoms with Crippen LogP contribution in [-0.2, 0) is 27.7 Å². The SMILES string of the molecule is O=C1CN(Cc2ccccc2)[C@H]2CS(=O)(=O)C[C@@H]2N(Cc2ccccc2)C1. The van der Waals surface area contributed by atoms with Crippen LogP contribution in [-0.4, -0.2) is 60.7 Å². The zero-order valence-corrected chi connectivity index (χ0v) is 16.0. The number of hydrogen-bond donors (Lipinski definition) is 0. The number of nitrogens with zero attached hydrogens (tertiary/aromatic N) is 2. The van der Waals surface area contributed by atoms with E-state index >= 15 is 0 Å². The Labute approximate surface area is 160 Å². The van der Waals surface area contributed by atoms with E-state index in [-0.39, 0.29) is 29.4 Å². The molecule has 4 rings (SSSR count). The zero-order valence-electron chi connectivity index (χ0n) is 15.2. The number of carbonyl (C=O) groups is 1. The van der Waals surface area contributed by atoms with Crippen molar-refractivity contribution < 1.29 is 13.2 Å². The highest BCUT2D eigenvalue weighted by Crippen LogP contribution is 2.28. The van der Waals surface area contributed by atoms with E-state index in [9.17, 15) is 13.2 Å². The summed E-state index contributed by atoms with van der Waals surface area (Å²) in [5, 5.41) is 0. The summed E-state index contributed by atoms with van der Waals surface area (Å²) in [6.45, 7) is 1.80. The van der Waals surface area contributed by atoms with Crippen LogP contribution in [0.15, 0.2) is 60.7 Å². The summed E-state index contributed by atoms with van der Waals surface area (Å²) in [6, 6.07) is 19.6. The summed E-state index contributed by atoms with van der Waals surface area (Å²) in [7, 11) is -3.11. The van der Waals surface area contributed by atoms with Gasteiger partial charge in [0, 0.05) is 25.2 Å². The van der Waals surface area contributed by atoms with Crippen LogP contribution in [0.2, 0.25) is 0 Å². The Morgan fingerprint density at radius 3 is 1.56 bits per heavy atom. The molecule has 0 radical (unpaired) electrons. The number of rotatable bonds is 4. The van der Waals surface area contributed by atoms with Crippen LogP contribution in [0.4, 0.5) is 0 Å². The lowest BCUT2D eigenvalue weighted by atomic mass is 10.1. The van der Waals surface area contributed by atoms with Crippen molar-refractivity contribution in [1.29, 1.82) is 0 Å². The Balaban J connectivity index is 1.62. The lowest BCUT2D eigenvalue weighted by molar-refractivity contribution is -0.120. The fraction of sp³-hybridized carbons (Fsp3) is 0.381. The van der Waals surface area contributed by atoms with E-state index in [1.165, 1.54) is 0 Å². The third-order valence-electron chi connectivity index (χ3n) is 5.45. The molecule has 2 aromatic carbocycles. The number of sulfone groups is 1. The molecule has 27 heavy (non-hydrogen) atoms. The molecule has 2 saturated heterocycles. The van der Waals surface area contributed by atoms with Gasteiger partial charge in [-0.1, -0.05) is 60.7 Å². The van der Waals surface area contributed by atoms with E-state index in [1.807, 2.05) is 60.7 Å². The minimum atomic E-state index is -3.11. The summed E-state index contributed by atoms with van der Waals surface area (Å²) in [4.78, 5) is 16.8. The molecule has 0 bridgehead atoms. The van der Waals surface area contributed by atoms with Gasteiger partial charge in [-0.05, 0) is 11.1 Å². The largest absolute Gasteiger partial charge is 0.297 e. The highest BCUT2D eigenvalue weighted by molar-refractivity contribution is 7.91. The van der Waals surface area contributed by atoms with E-state index in [0.717, 1.165) is 11.1 Å². The average Bonchev–Trinajstić information content (AvgIpc) is 2.93. The van der Waals surface area contributed by atoms with Gasteiger partial charge in [-0.25, -0.2) is 8.42 Å². The molecule has 2 aromatic rings. The molecule has 2 fully saturated rings. The standard InChI is InChI=1S/C21H24N2O3S/c24-19-13-22(11-17-7-3-1-4-8-17)20-15-27(25,26)16-21(20)23(14-19)12-18-9-5-2-6-10-18/h1-10,20-21H,11-16H2/t20-,21-/m0/s1. The highest BCUT2D eigenvalue weighted by atomic mass is 32.2. The van der Waals surface area contributed by atoms with Crippen LogP contribution >= 0.6 is 0 Å². The number of benzene rings is 2. The lowest BCUT2D eigenvalue weighted by Gasteiger charge is -2.33. The fourth-order valence-corrected chi connectivity index (χ4v) is 6.27. The van der Waals surface area contributed by atoms with Crippen molar-refractivity contribution in [3.8, 4) is 0 Å². The third-order valence-corrected chi connectivity index (χ3v) is 7.15. The Bertz CT molecular complexity index is 832. The van der Waals surface area contributed by atoms with Crippen molar-refractivity contribution in [3.63, 3.8) is 0 Å². The van der Waals surface area contributed by atoms with E-state index in [0.29, 0.717) is 26.2 Å². The van der Waals surface area contributed by atoms with Crippen molar-refractivity contribution >= 4 is 15.6 Å².